The normalized spacial score (nSPS) is 20.6. The Labute approximate surface area is 119 Å². The first-order valence-electron chi connectivity index (χ1n) is 5.91. The van der Waals surface area contributed by atoms with Crippen LogP contribution in [0.5, 0.6) is 0 Å². The summed E-state index contributed by atoms with van der Waals surface area (Å²) in [5.74, 6) is 1.79. The molecule has 1 aromatic heterocycles. The fourth-order valence-corrected chi connectivity index (χ4v) is 3.59. The molecule has 3 nitrogen and oxygen atoms in total. The lowest BCUT2D eigenvalue weighted by Crippen LogP contribution is -2.39. The van der Waals surface area contributed by atoms with E-state index in [4.69, 9.17) is 0 Å². The number of rotatable bonds is 3. The van der Waals surface area contributed by atoms with Crippen molar-refractivity contribution in [2.45, 2.75) is 12.8 Å². The maximum absolute atomic E-state index is 4.51. The Kier molecular flexibility index (Phi) is 4.82. The van der Waals surface area contributed by atoms with E-state index in [1.165, 1.54) is 12.8 Å². The predicted molar refractivity (Wildman–Crippen MR) is 78.5 cm³/mol. The van der Waals surface area contributed by atoms with Crippen LogP contribution in [0, 0.1) is 5.92 Å². The van der Waals surface area contributed by atoms with E-state index < -0.39 is 0 Å². The lowest BCUT2D eigenvalue weighted by atomic mass is 9.98. The second-order valence-corrected chi connectivity index (χ2v) is 6.24. The van der Waals surface area contributed by atoms with Gasteiger partial charge in [0.2, 0.25) is 0 Å². The molecule has 1 aromatic rings. The van der Waals surface area contributed by atoms with Gasteiger partial charge in [0, 0.05) is 23.8 Å². The van der Waals surface area contributed by atoms with Crippen molar-refractivity contribution in [2.75, 3.05) is 31.6 Å². The van der Waals surface area contributed by atoms with Crippen molar-refractivity contribution in [3.8, 4) is 0 Å². The average Bonchev–Trinajstić information content (AvgIpc) is 2.29. The number of nitrogens with zero attached hydrogens (tertiary/aromatic N) is 2. The Morgan fingerprint density at radius 2 is 2.35 bits per heavy atom. The van der Waals surface area contributed by atoms with E-state index in [0.717, 1.165) is 40.3 Å². The molecule has 1 N–H and O–H groups in total. The molecule has 0 radical (unpaired) electrons. The van der Waals surface area contributed by atoms with Crippen LogP contribution in [0.3, 0.4) is 0 Å². The van der Waals surface area contributed by atoms with Crippen molar-refractivity contribution >= 4 is 37.7 Å². The zero-order valence-corrected chi connectivity index (χ0v) is 13.1. The summed E-state index contributed by atoms with van der Waals surface area (Å²) in [7, 11) is 2.02. The van der Waals surface area contributed by atoms with Gasteiger partial charge in [-0.05, 0) is 70.3 Å². The summed E-state index contributed by atoms with van der Waals surface area (Å²) in [5, 5.41) is 3.27. The van der Waals surface area contributed by atoms with E-state index >= 15 is 0 Å². The number of hydrogen-bond donors (Lipinski definition) is 1. The summed E-state index contributed by atoms with van der Waals surface area (Å²) >= 11 is 7.03. The molecule has 1 saturated heterocycles. The molecule has 94 valence electrons. The number of hydrogen-bond acceptors (Lipinski definition) is 3. The van der Waals surface area contributed by atoms with Crippen molar-refractivity contribution < 1.29 is 0 Å². The molecule has 1 aliphatic heterocycles. The van der Waals surface area contributed by atoms with Gasteiger partial charge in [0.25, 0.3) is 0 Å². The third-order valence-corrected chi connectivity index (χ3v) is 4.12. The number of nitrogens with one attached hydrogen (secondary N) is 1. The maximum Gasteiger partial charge on any atom is 0.142 e. The Hall–Kier alpha value is -0.130. The quantitative estimate of drug-likeness (QED) is 0.895. The fourth-order valence-electron chi connectivity index (χ4n) is 2.35. The van der Waals surface area contributed by atoms with E-state index in [1.807, 2.05) is 13.2 Å². The minimum absolute atomic E-state index is 0.728. The van der Waals surface area contributed by atoms with Crippen LogP contribution in [-0.2, 0) is 0 Å². The molecule has 0 amide bonds. The predicted octanol–water partition coefficient (Wildman–Crippen LogP) is 3.04. The monoisotopic (exact) mass is 361 g/mol. The zero-order valence-electron chi connectivity index (χ0n) is 9.92. The van der Waals surface area contributed by atoms with Crippen LogP contribution in [0.4, 0.5) is 5.82 Å². The number of piperidine rings is 1. The molecule has 5 heteroatoms. The maximum atomic E-state index is 4.51. The van der Waals surface area contributed by atoms with Crippen LogP contribution in [0.15, 0.2) is 21.2 Å². The molecule has 0 spiro atoms. The van der Waals surface area contributed by atoms with Gasteiger partial charge in [-0.3, -0.25) is 0 Å². The molecule has 0 saturated carbocycles. The standard InChI is InChI=1S/C12H17Br2N3/c1-15-6-9-3-2-4-17(8-9)12-11(14)5-10(13)7-16-12/h5,7,9,15H,2-4,6,8H2,1H3. The van der Waals surface area contributed by atoms with Gasteiger partial charge in [-0.15, -0.1) is 0 Å². The van der Waals surface area contributed by atoms with E-state index in [-0.39, 0.29) is 0 Å². The second-order valence-electron chi connectivity index (χ2n) is 4.47. The molecule has 1 aliphatic rings. The molecule has 17 heavy (non-hydrogen) atoms. The second kappa shape index (κ2) is 6.16. The third kappa shape index (κ3) is 3.42. The lowest BCUT2D eigenvalue weighted by Gasteiger charge is -2.34. The molecule has 0 aromatic carbocycles. The van der Waals surface area contributed by atoms with Crippen molar-refractivity contribution in [3.05, 3.63) is 21.2 Å². The first kappa shape index (κ1) is 13.3. The largest absolute Gasteiger partial charge is 0.355 e. The first-order valence-corrected chi connectivity index (χ1v) is 7.50. The van der Waals surface area contributed by atoms with Crippen LogP contribution in [0.2, 0.25) is 0 Å². The van der Waals surface area contributed by atoms with Crippen molar-refractivity contribution in [2.24, 2.45) is 5.92 Å². The molecule has 0 aliphatic carbocycles. The van der Waals surface area contributed by atoms with Gasteiger partial charge >= 0.3 is 0 Å². The Morgan fingerprint density at radius 3 is 3.06 bits per heavy atom. The van der Waals surface area contributed by atoms with Gasteiger partial charge in [-0.1, -0.05) is 0 Å². The topological polar surface area (TPSA) is 28.2 Å². The average molecular weight is 363 g/mol. The highest BCUT2D eigenvalue weighted by Gasteiger charge is 2.21. The molecule has 1 fully saturated rings. The summed E-state index contributed by atoms with van der Waals surface area (Å²) in [4.78, 5) is 6.88. The van der Waals surface area contributed by atoms with Gasteiger partial charge in [0.1, 0.15) is 5.82 Å². The highest BCUT2D eigenvalue weighted by atomic mass is 79.9. The van der Waals surface area contributed by atoms with Crippen LogP contribution in [0.1, 0.15) is 12.8 Å². The summed E-state index contributed by atoms with van der Waals surface area (Å²) in [6.45, 7) is 3.28. The summed E-state index contributed by atoms with van der Waals surface area (Å²) < 4.78 is 2.08. The summed E-state index contributed by atoms with van der Waals surface area (Å²) in [6.07, 6.45) is 4.42. The van der Waals surface area contributed by atoms with E-state index in [0.29, 0.717) is 0 Å². The molecule has 0 bridgehead atoms. The highest BCUT2D eigenvalue weighted by molar-refractivity contribution is 9.11. The number of pyridine rings is 1. The van der Waals surface area contributed by atoms with E-state index in [1.54, 1.807) is 0 Å². The van der Waals surface area contributed by atoms with E-state index in [9.17, 15) is 0 Å². The van der Waals surface area contributed by atoms with Crippen LogP contribution < -0.4 is 10.2 Å². The Balaban J connectivity index is 2.10. The molecule has 2 rings (SSSR count). The van der Waals surface area contributed by atoms with Crippen LogP contribution in [-0.4, -0.2) is 31.7 Å². The molecular formula is C12H17Br2N3. The van der Waals surface area contributed by atoms with Gasteiger partial charge in [-0.25, -0.2) is 4.98 Å². The highest BCUT2D eigenvalue weighted by Crippen LogP contribution is 2.29. The summed E-state index contributed by atoms with van der Waals surface area (Å²) in [6, 6.07) is 2.06. The van der Waals surface area contributed by atoms with Crippen molar-refractivity contribution in [1.29, 1.82) is 0 Å². The summed E-state index contributed by atoms with van der Waals surface area (Å²) in [5.41, 5.74) is 0. The van der Waals surface area contributed by atoms with Crippen LogP contribution in [0.25, 0.3) is 0 Å². The van der Waals surface area contributed by atoms with Gasteiger partial charge in [0.05, 0.1) is 4.47 Å². The number of aromatic nitrogens is 1. The molecule has 1 unspecified atom stereocenters. The fraction of sp³-hybridized carbons (Fsp3) is 0.583. The minimum atomic E-state index is 0.728. The number of anilines is 1. The SMILES string of the molecule is CNCC1CCCN(c2ncc(Br)cc2Br)C1. The number of halogens is 2. The molecule has 1 atom stereocenters. The first-order chi connectivity index (χ1) is 8.20. The third-order valence-electron chi connectivity index (χ3n) is 3.10. The minimum Gasteiger partial charge on any atom is -0.355 e. The van der Waals surface area contributed by atoms with Gasteiger partial charge in [-0.2, -0.15) is 0 Å². The lowest BCUT2D eigenvalue weighted by molar-refractivity contribution is 0.401. The van der Waals surface area contributed by atoms with Crippen molar-refractivity contribution in [1.82, 2.24) is 10.3 Å². The smallest absolute Gasteiger partial charge is 0.142 e. The molecule has 2 heterocycles. The van der Waals surface area contributed by atoms with Gasteiger partial charge < -0.3 is 10.2 Å². The van der Waals surface area contributed by atoms with Crippen LogP contribution >= 0.6 is 31.9 Å². The Morgan fingerprint density at radius 1 is 1.53 bits per heavy atom. The molecular weight excluding hydrogens is 346 g/mol. The Bertz CT molecular complexity index is 382. The van der Waals surface area contributed by atoms with E-state index in [2.05, 4.69) is 53.1 Å². The van der Waals surface area contributed by atoms with Crippen molar-refractivity contribution in [3.63, 3.8) is 0 Å². The zero-order chi connectivity index (χ0) is 12.3. The van der Waals surface area contributed by atoms with Gasteiger partial charge in [0.15, 0.2) is 0 Å².